The van der Waals surface area contributed by atoms with Gasteiger partial charge in [-0.15, -0.1) is 0 Å². The summed E-state index contributed by atoms with van der Waals surface area (Å²) in [6, 6.07) is 0. The van der Waals surface area contributed by atoms with Crippen LogP contribution in [0.4, 0.5) is 0 Å². The van der Waals surface area contributed by atoms with Crippen LogP contribution < -0.4 is 0 Å². The van der Waals surface area contributed by atoms with Gasteiger partial charge in [0.2, 0.25) is 0 Å². The molecule has 0 radical (unpaired) electrons. The third-order valence-electron chi connectivity index (χ3n) is 4.30. The summed E-state index contributed by atoms with van der Waals surface area (Å²) in [6.45, 7) is 0. The molecule has 2 N–H and O–H groups in total. The Balaban J connectivity index is 1.75. The molecule has 0 aromatic carbocycles. The molecule has 1 aliphatic carbocycles. The lowest BCUT2D eigenvalue weighted by Gasteiger charge is -2.21. The summed E-state index contributed by atoms with van der Waals surface area (Å²) in [7, 11) is 0. The van der Waals surface area contributed by atoms with Crippen LogP contribution in [0.1, 0.15) is 89.9 Å². The van der Waals surface area contributed by atoms with Crippen molar-refractivity contribution in [1.82, 2.24) is 0 Å². The van der Waals surface area contributed by atoms with Gasteiger partial charge in [-0.1, -0.05) is 77.0 Å². The molecule has 0 atom stereocenters. The van der Waals surface area contributed by atoms with Crippen LogP contribution in [0.15, 0.2) is 0 Å². The predicted octanol–water partition coefficient (Wildman–Crippen LogP) is 4.39. The minimum absolute atomic E-state index is 0.543. The van der Waals surface area contributed by atoms with Crippen LogP contribution in [0, 0.1) is 5.92 Å². The van der Waals surface area contributed by atoms with Crippen LogP contribution in [0.25, 0.3) is 0 Å². The molecule has 0 unspecified atom stereocenters. The van der Waals surface area contributed by atoms with Gasteiger partial charge in [0.1, 0.15) is 0 Å². The first-order valence-electron chi connectivity index (χ1n) is 8.15. The van der Waals surface area contributed by atoms with E-state index in [1.165, 1.54) is 70.6 Å². The molecule has 2 nitrogen and oxygen atoms in total. The summed E-state index contributed by atoms with van der Waals surface area (Å²) in [5.74, 6) is 1.05. The largest absolute Gasteiger partial charge is 0.368 e. The zero-order chi connectivity index (χ0) is 13.1. The normalized spacial score (nSPS) is 17.5. The summed E-state index contributed by atoms with van der Waals surface area (Å²) < 4.78 is 0. The number of hydrogen-bond acceptors (Lipinski definition) is 2. The highest BCUT2D eigenvalue weighted by Crippen LogP contribution is 2.28. The van der Waals surface area contributed by atoms with E-state index in [0.29, 0.717) is 6.42 Å². The van der Waals surface area contributed by atoms with Crippen molar-refractivity contribution >= 4 is 0 Å². The van der Waals surface area contributed by atoms with Gasteiger partial charge in [0.15, 0.2) is 6.29 Å². The Morgan fingerprint density at radius 2 is 1.28 bits per heavy atom. The fourth-order valence-corrected chi connectivity index (χ4v) is 3.12. The zero-order valence-electron chi connectivity index (χ0n) is 11.9. The molecule has 18 heavy (non-hydrogen) atoms. The van der Waals surface area contributed by atoms with Crippen LogP contribution >= 0.6 is 0 Å². The molecule has 2 heteroatoms. The summed E-state index contributed by atoms with van der Waals surface area (Å²) in [5.41, 5.74) is 0. The quantitative estimate of drug-likeness (QED) is 0.449. The van der Waals surface area contributed by atoms with Crippen LogP contribution in [0.5, 0.6) is 0 Å². The number of rotatable bonds is 10. The molecular weight excluding hydrogens is 224 g/mol. The lowest BCUT2D eigenvalue weighted by Crippen LogP contribution is -2.05. The lowest BCUT2D eigenvalue weighted by molar-refractivity contribution is -0.0466. The molecule has 0 bridgehead atoms. The van der Waals surface area contributed by atoms with Crippen molar-refractivity contribution in [2.75, 3.05) is 0 Å². The van der Waals surface area contributed by atoms with E-state index in [9.17, 15) is 0 Å². The predicted molar refractivity (Wildman–Crippen MR) is 76.4 cm³/mol. The molecule has 0 amide bonds. The third kappa shape index (κ3) is 8.93. The second-order valence-electron chi connectivity index (χ2n) is 6.04. The maximum Gasteiger partial charge on any atom is 0.151 e. The van der Waals surface area contributed by atoms with Crippen molar-refractivity contribution in [2.24, 2.45) is 5.92 Å². The summed E-state index contributed by atoms with van der Waals surface area (Å²) in [4.78, 5) is 0. The minimum Gasteiger partial charge on any atom is -0.368 e. The van der Waals surface area contributed by atoms with Crippen LogP contribution in [-0.2, 0) is 0 Å². The molecular formula is C16H32O2. The van der Waals surface area contributed by atoms with Gasteiger partial charge in [0.25, 0.3) is 0 Å². The average Bonchev–Trinajstić information content (AvgIpc) is 2.37. The first-order chi connectivity index (χ1) is 8.79. The summed E-state index contributed by atoms with van der Waals surface area (Å²) >= 11 is 0. The van der Waals surface area contributed by atoms with E-state index < -0.39 is 6.29 Å². The minimum atomic E-state index is -1.10. The molecule has 0 heterocycles. The lowest BCUT2D eigenvalue weighted by atomic mass is 9.85. The van der Waals surface area contributed by atoms with Crippen LogP contribution in [0.2, 0.25) is 0 Å². The highest BCUT2D eigenvalue weighted by molar-refractivity contribution is 4.65. The fraction of sp³-hybridized carbons (Fsp3) is 1.00. The van der Waals surface area contributed by atoms with Crippen LogP contribution in [0.3, 0.4) is 0 Å². The Morgan fingerprint density at radius 1 is 0.722 bits per heavy atom. The van der Waals surface area contributed by atoms with Crippen molar-refractivity contribution in [3.63, 3.8) is 0 Å². The Morgan fingerprint density at radius 3 is 1.89 bits per heavy atom. The van der Waals surface area contributed by atoms with E-state index in [4.69, 9.17) is 10.2 Å². The Hall–Kier alpha value is -0.0800. The molecule has 1 saturated carbocycles. The summed E-state index contributed by atoms with van der Waals surface area (Å²) in [5, 5.41) is 17.4. The number of aliphatic hydroxyl groups is 2. The smallest absolute Gasteiger partial charge is 0.151 e. The Bertz CT molecular complexity index is 174. The molecule has 1 rings (SSSR count). The average molecular weight is 256 g/mol. The highest BCUT2D eigenvalue weighted by Gasteiger charge is 2.12. The Kier molecular flexibility index (Phi) is 9.59. The van der Waals surface area contributed by atoms with Gasteiger partial charge < -0.3 is 10.2 Å². The summed E-state index contributed by atoms with van der Waals surface area (Å²) in [6.07, 6.45) is 17.2. The number of hydrogen-bond donors (Lipinski definition) is 2. The topological polar surface area (TPSA) is 40.5 Å². The molecule has 1 aliphatic rings. The molecule has 0 aromatic rings. The van der Waals surface area contributed by atoms with Gasteiger partial charge in [0, 0.05) is 0 Å². The molecule has 0 spiro atoms. The number of aliphatic hydroxyl groups excluding tert-OH is 1. The molecule has 0 aliphatic heterocycles. The molecule has 108 valence electrons. The standard InChI is InChI=1S/C16H32O2/c17-16(18)14-10-5-3-1-2-4-7-11-15-12-8-6-9-13-15/h15-18H,1-14H2. The van der Waals surface area contributed by atoms with Gasteiger partial charge in [0.05, 0.1) is 0 Å². The van der Waals surface area contributed by atoms with Gasteiger partial charge in [-0.3, -0.25) is 0 Å². The van der Waals surface area contributed by atoms with Crippen molar-refractivity contribution < 1.29 is 10.2 Å². The van der Waals surface area contributed by atoms with E-state index in [1.807, 2.05) is 0 Å². The second kappa shape index (κ2) is 10.8. The second-order valence-corrected chi connectivity index (χ2v) is 6.04. The Labute approximate surface area is 113 Å². The molecule has 1 fully saturated rings. The van der Waals surface area contributed by atoms with E-state index in [0.717, 1.165) is 18.8 Å². The SMILES string of the molecule is OC(O)CCCCCCCCCC1CCCCC1. The van der Waals surface area contributed by atoms with Crippen molar-refractivity contribution in [1.29, 1.82) is 0 Å². The van der Waals surface area contributed by atoms with Gasteiger partial charge in [-0.05, 0) is 18.8 Å². The van der Waals surface area contributed by atoms with Crippen molar-refractivity contribution in [2.45, 2.75) is 96.2 Å². The van der Waals surface area contributed by atoms with E-state index in [1.54, 1.807) is 0 Å². The van der Waals surface area contributed by atoms with Crippen molar-refractivity contribution in [3.05, 3.63) is 0 Å². The monoisotopic (exact) mass is 256 g/mol. The zero-order valence-corrected chi connectivity index (χ0v) is 11.9. The fourth-order valence-electron chi connectivity index (χ4n) is 3.12. The number of unbranched alkanes of at least 4 members (excludes halogenated alkanes) is 6. The first-order valence-corrected chi connectivity index (χ1v) is 8.15. The maximum atomic E-state index is 8.70. The van der Waals surface area contributed by atoms with Gasteiger partial charge in [-0.25, -0.2) is 0 Å². The van der Waals surface area contributed by atoms with E-state index >= 15 is 0 Å². The van der Waals surface area contributed by atoms with E-state index in [-0.39, 0.29) is 0 Å². The third-order valence-corrected chi connectivity index (χ3v) is 4.30. The van der Waals surface area contributed by atoms with Gasteiger partial charge >= 0.3 is 0 Å². The van der Waals surface area contributed by atoms with E-state index in [2.05, 4.69) is 0 Å². The van der Waals surface area contributed by atoms with Gasteiger partial charge in [-0.2, -0.15) is 0 Å². The van der Waals surface area contributed by atoms with Crippen molar-refractivity contribution in [3.8, 4) is 0 Å². The highest BCUT2D eigenvalue weighted by atomic mass is 16.5. The molecule has 0 aromatic heterocycles. The van der Waals surface area contributed by atoms with Crippen LogP contribution in [-0.4, -0.2) is 16.5 Å². The molecule has 0 saturated heterocycles. The first kappa shape index (κ1) is 16.0. The maximum absolute atomic E-state index is 8.70.